The summed E-state index contributed by atoms with van der Waals surface area (Å²) in [5.41, 5.74) is 1.16. The second kappa shape index (κ2) is 9.63. The third kappa shape index (κ3) is 4.60. The average molecular weight is 488 g/mol. The molecule has 1 saturated carbocycles. The van der Waals surface area contributed by atoms with Crippen LogP contribution in [0.15, 0.2) is 42.5 Å². The Balaban J connectivity index is 1.88. The molecule has 1 N–H and O–H groups in total. The highest BCUT2D eigenvalue weighted by molar-refractivity contribution is 7.91. The number of benzene rings is 2. The van der Waals surface area contributed by atoms with E-state index in [1.807, 2.05) is 12.1 Å². The van der Waals surface area contributed by atoms with Gasteiger partial charge in [0.15, 0.2) is 21.5 Å². The van der Waals surface area contributed by atoms with Gasteiger partial charge in [0.05, 0.1) is 32.7 Å². The molecule has 1 aromatic heterocycles. The number of methoxy groups -OCH3 is 3. The Morgan fingerprint density at radius 1 is 1.03 bits per heavy atom. The molecule has 34 heavy (non-hydrogen) atoms. The predicted molar refractivity (Wildman–Crippen MR) is 127 cm³/mol. The van der Waals surface area contributed by atoms with E-state index >= 15 is 0 Å². The normalized spacial score (nSPS) is 15.6. The Kier molecular flexibility index (Phi) is 6.81. The van der Waals surface area contributed by atoms with Gasteiger partial charge in [-0.05, 0) is 49.9 Å². The highest BCUT2D eigenvalue weighted by atomic mass is 32.2. The largest absolute Gasteiger partial charge is 0.497 e. The van der Waals surface area contributed by atoms with Crippen LogP contribution in [0.4, 0.5) is 0 Å². The first kappa shape index (κ1) is 24.0. The molecule has 3 aromatic rings. The smallest absolute Gasteiger partial charge is 0.168 e. The van der Waals surface area contributed by atoms with Crippen molar-refractivity contribution in [1.82, 2.24) is 14.8 Å². The van der Waals surface area contributed by atoms with Crippen molar-refractivity contribution in [2.45, 2.75) is 36.9 Å². The fraction of sp³-hybridized carbons (Fsp3) is 0.417. The first-order valence-corrected chi connectivity index (χ1v) is 12.7. The molecule has 4 rings (SSSR count). The van der Waals surface area contributed by atoms with Gasteiger partial charge < -0.3 is 19.3 Å². The number of hydrogen-bond acceptors (Lipinski definition) is 8. The maximum absolute atomic E-state index is 13.3. The number of hydrogen-bond donors (Lipinski definition) is 1. The van der Waals surface area contributed by atoms with Gasteiger partial charge in [-0.1, -0.05) is 18.2 Å². The van der Waals surface area contributed by atoms with Crippen LogP contribution < -0.4 is 14.2 Å². The van der Waals surface area contributed by atoms with Gasteiger partial charge in [0, 0.05) is 5.56 Å². The van der Waals surface area contributed by atoms with Crippen molar-refractivity contribution >= 4 is 9.84 Å². The van der Waals surface area contributed by atoms with Gasteiger partial charge in [0.2, 0.25) is 0 Å². The van der Waals surface area contributed by atoms with E-state index in [4.69, 9.17) is 14.2 Å². The van der Waals surface area contributed by atoms with Crippen molar-refractivity contribution in [1.29, 1.82) is 0 Å². The highest BCUT2D eigenvalue weighted by Gasteiger charge is 2.40. The number of sulfone groups is 1. The zero-order valence-corrected chi connectivity index (χ0v) is 20.4. The molecule has 1 heterocycles. The quantitative estimate of drug-likeness (QED) is 0.464. The summed E-state index contributed by atoms with van der Waals surface area (Å²) in [6, 6.07) is 12.5. The lowest BCUT2D eigenvalue weighted by Crippen LogP contribution is -2.34. The van der Waals surface area contributed by atoms with Crippen molar-refractivity contribution < 1.29 is 27.7 Å². The van der Waals surface area contributed by atoms with Crippen LogP contribution in [0.25, 0.3) is 17.1 Å². The van der Waals surface area contributed by atoms with Crippen molar-refractivity contribution in [2.75, 3.05) is 21.3 Å². The van der Waals surface area contributed by atoms with Crippen LogP contribution in [0.3, 0.4) is 0 Å². The Morgan fingerprint density at radius 2 is 1.68 bits per heavy atom. The van der Waals surface area contributed by atoms with E-state index in [1.54, 1.807) is 48.9 Å². The number of nitrogens with zero attached hydrogens (tertiary/aromatic N) is 3. The minimum absolute atomic E-state index is 0.0318. The molecule has 10 heteroatoms. The summed E-state index contributed by atoms with van der Waals surface area (Å²) < 4.78 is 44.7. The molecule has 0 aliphatic heterocycles. The number of aromatic nitrogens is 3. The number of aliphatic hydroxyl groups is 1. The first-order chi connectivity index (χ1) is 16.3. The monoisotopic (exact) mass is 487 g/mol. The van der Waals surface area contributed by atoms with Crippen LogP contribution in [-0.4, -0.2) is 61.0 Å². The van der Waals surface area contributed by atoms with Gasteiger partial charge in [-0.15, -0.1) is 10.2 Å². The van der Waals surface area contributed by atoms with E-state index in [0.29, 0.717) is 34.3 Å². The van der Waals surface area contributed by atoms with Gasteiger partial charge in [0.1, 0.15) is 28.7 Å². The molecular formula is C24H29N3O6S. The lowest BCUT2D eigenvalue weighted by Gasteiger charge is -2.20. The second-order valence-electron chi connectivity index (χ2n) is 8.36. The summed E-state index contributed by atoms with van der Waals surface area (Å²) in [4.78, 5) is 0. The molecule has 0 saturated heterocycles. The lowest BCUT2D eigenvalue weighted by atomic mass is 10.2. The Labute approximate surface area is 199 Å². The maximum atomic E-state index is 13.3. The van der Waals surface area contributed by atoms with Crippen molar-refractivity contribution in [3.05, 3.63) is 48.3 Å². The van der Waals surface area contributed by atoms with Crippen molar-refractivity contribution in [3.63, 3.8) is 0 Å². The SMILES string of the molecule is COc1cccc(-c2nnc(CS(=O)(=O)[C@@H](C)[C@H](O)C3CC3)n2-c2c(OC)cccc2OC)c1. The van der Waals surface area contributed by atoms with Crippen LogP contribution in [-0.2, 0) is 15.6 Å². The van der Waals surface area contributed by atoms with E-state index in [2.05, 4.69) is 10.2 Å². The fourth-order valence-electron chi connectivity index (χ4n) is 3.99. The zero-order chi connectivity index (χ0) is 24.5. The van der Waals surface area contributed by atoms with Gasteiger partial charge in [-0.3, -0.25) is 4.57 Å². The minimum Gasteiger partial charge on any atom is -0.497 e. The molecule has 1 fully saturated rings. The summed E-state index contributed by atoms with van der Waals surface area (Å²) in [5, 5.41) is 18.2. The summed E-state index contributed by atoms with van der Waals surface area (Å²) in [7, 11) is 0.871. The van der Waals surface area contributed by atoms with Gasteiger partial charge in [0.25, 0.3) is 0 Å². The second-order valence-corrected chi connectivity index (χ2v) is 10.7. The number of ether oxygens (including phenoxy) is 3. The molecule has 182 valence electrons. The van der Waals surface area contributed by atoms with E-state index in [0.717, 1.165) is 12.8 Å². The number of aliphatic hydroxyl groups excluding tert-OH is 1. The third-order valence-corrected chi connectivity index (χ3v) is 8.24. The van der Waals surface area contributed by atoms with Crippen LogP contribution in [0.2, 0.25) is 0 Å². The van der Waals surface area contributed by atoms with E-state index in [-0.39, 0.29) is 11.7 Å². The summed E-state index contributed by atoms with van der Waals surface area (Å²) in [6.45, 7) is 1.55. The van der Waals surface area contributed by atoms with Crippen molar-refractivity contribution in [2.24, 2.45) is 5.92 Å². The predicted octanol–water partition coefficient (Wildman–Crippen LogP) is 3.03. The molecule has 9 nitrogen and oxygen atoms in total. The van der Waals surface area contributed by atoms with E-state index < -0.39 is 26.9 Å². The van der Waals surface area contributed by atoms with Gasteiger partial charge >= 0.3 is 0 Å². The summed E-state index contributed by atoms with van der Waals surface area (Å²) >= 11 is 0. The molecular weight excluding hydrogens is 458 g/mol. The molecule has 2 atom stereocenters. The maximum Gasteiger partial charge on any atom is 0.168 e. The van der Waals surface area contributed by atoms with E-state index in [1.165, 1.54) is 14.2 Å². The summed E-state index contributed by atoms with van der Waals surface area (Å²) in [6.07, 6.45) is 0.783. The number of para-hydroxylation sites is 1. The fourth-order valence-corrected chi connectivity index (χ4v) is 5.45. The van der Waals surface area contributed by atoms with E-state index in [9.17, 15) is 13.5 Å². The highest BCUT2D eigenvalue weighted by Crippen LogP contribution is 2.38. The lowest BCUT2D eigenvalue weighted by molar-refractivity contribution is 0.149. The molecule has 0 amide bonds. The standard InChI is InChI=1S/C24H29N3O6S/c1-15(23(28)16-11-12-16)34(29,30)14-21-25-26-24(17-7-5-8-18(13-17)31-2)27(21)22-19(32-3)9-6-10-20(22)33-4/h5-10,13,15-16,23,28H,11-12,14H2,1-4H3/t15-,23-/m0/s1. The Morgan fingerprint density at radius 3 is 2.26 bits per heavy atom. The molecule has 0 bridgehead atoms. The Bertz CT molecular complexity index is 1250. The molecule has 1 aliphatic rings. The van der Waals surface area contributed by atoms with Crippen LogP contribution >= 0.6 is 0 Å². The van der Waals surface area contributed by atoms with Crippen molar-refractivity contribution in [3.8, 4) is 34.3 Å². The van der Waals surface area contributed by atoms with Crippen LogP contribution in [0, 0.1) is 5.92 Å². The third-order valence-electron chi connectivity index (χ3n) is 6.17. The van der Waals surface area contributed by atoms with Gasteiger partial charge in [-0.25, -0.2) is 8.42 Å². The average Bonchev–Trinajstić information content (AvgIpc) is 3.63. The Hall–Kier alpha value is -3.11. The molecule has 0 spiro atoms. The zero-order valence-electron chi connectivity index (χ0n) is 19.6. The first-order valence-electron chi connectivity index (χ1n) is 11.0. The molecule has 0 unspecified atom stereocenters. The topological polar surface area (TPSA) is 113 Å². The van der Waals surface area contributed by atoms with Crippen LogP contribution in [0.1, 0.15) is 25.6 Å². The molecule has 2 aromatic carbocycles. The molecule has 0 radical (unpaired) electrons. The minimum atomic E-state index is -3.75. The molecule has 1 aliphatic carbocycles. The van der Waals surface area contributed by atoms with Crippen LogP contribution in [0.5, 0.6) is 17.2 Å². The summed E-state index contributed by atoms with van der Waals surface area (Å²) in [5.74, 6) is 1.77. The number of rotatable bonds is 10. The van der Waals surface area contributed by atoms with Gasteiger partial charge in [-0.2, -0.15) is 0 Å².